The van der Waals surface area contributed by atoms with Gasteiger partial charge in [0.25, 0.3) is 0 Å². The average molecular weight is 354 g/mol. The molecule has 4 aromatic carbocycles. The van der Waals surface area contributed by atoms with Crippen molar-refractivity contribution in [2.45, 2.75) is 6.42 Å². The number of hydrogen-bond acceptors (Lipinski definition) is 2. The third kappa shape index (κ3) is 5.75. The molecule has 4 aromatic rings. The van der Waals surface area contributed by atoms with E-state index in [9.17, 15) is 0 Å². The molecule has 0 unspecified atom stereocenters. The van der Waals surface area contributed by atoms with Gasteiger partial charge in [0.05, 0.1) is 0 Å². The fourth-order valence-electron chi connectivity index (χ4n) is 2.72. The number of phenolic OH excluding ortho intramolecular Hbond substituents is 2. The van der Waals surface area contributed by atoms with Crippen LogP contribution in [-0.4, -0.2) is 10.2 Å². The second kappa shape index (κ2) is 9.25. The summed E-state index contributed by atoms with van der Waals surface area (Å²) in [7, 11) is 0. The highest BCUT2D eigenvalue weighted by Crippen LogP contribution is 2.17. The summed E-state index contributed by atoms with van der Waals surface area (Å²) < 4.78 is 0. The molecule has 27 heavy (non-hydrogen) atoms. The van der Waals surface area contributed by atoms with E-state index >= 15 is 0 Å². The van der Waals surface area contributed by atoms with Crippen LogP contribution in [0, 0.1) is 0 Å². The topological polar surface area (TPSA) is 40.5 Å². The van der Waals surface area contributed by atoms with E-state index in [4.69, 9.17) is 10.2 Å². The standard InChI is InChI=1S/C13H12O2.C12H10/c14-12-5-1-10(2-6-12)9-11-3-7-13(15)8-4-11;1-3-7-11(8-4-1)12-9-5-2-6-10-12/h1-8,14-15H,9H2;1-10H. The summed E-state index contributed by atoms with van der Waals surface area (Å²) in [6, 6.07) is 35.1. The van der Waals surface area contributed by atoms with Crippen molar-refractivity contribution in [3.8, 4) is 22.6 Å². The lowest BCUT2D eigenvalue weighted by atomic mass is 10.1. The number of benzene rings is 4. The molecule has 0 saturated heterocycles. The Hall–Kier alpha value is -3.52. The average Bonchev–Trinajstić information content (AvgIpc) is 2.73. The van der Waals surface area contributed by atoms with Crippen molar-refractivity contribution in [1.29, 1.82) is 0 Å². The van der Waals surface area contributed by atoms with Gasteiger partial charge in [-0.15, -0.1) is 0 Å². The smallest absolute Gasteiger partial charge is 0.115 e. The minimum atomic E-state index is 0.282. The minimum absolute atomic E-state index is 0.282. The molecule has 4 rings (SSSR count). The van der Waals surface area contributed by atoms with Gasteiger partial charge in [-0.05, 0) is 52.9 Å². The Balaban J connectivity index is 0.000000159. The molecule has 0 fully saturated rings. The highest BCUT2D eigenvalue weighted by Gasteiger charge is 1.97. The molecular weight excluding hydrogens is 332 g/mol. The van der Waals surface area contributed by atoms with Gasteiger partial charge in [-0.25, -0.2) is 0 Å². The lowest BCUT2D eigenvalue weighted by Crippen LogP contribution is -1.86. The normalized spacial score (nSPS) is 9.93. The summed E-state index contributed by atoms with van der Waals surface area (Å²) in [6.07, 6.45) is 0.806. The maximum absolute atomic E-state index is 9.13. The zero-order valence-corrected chi connectivity index (χ0v) is 15.0. The molecule has 134 valence electrons. The van der Waals surface area contributed by atoms with Gasteiger partial charge in [-0.1, -0.05) is 84.9 Å². The second-order valence-corrected chi connectivity index (χ2v) is 6.24. The summed E-state index contributed by atoms with van der Waals surface area (Å²) >= 11 is 0. The molecule has 2 nitrogen and oxygen atoms in total. The molecule has 0 amide bonds. The summed E-state index contributed by atoms with van der Waals surface area (Å²) in [5.74, 6) is 0.564. The number of aromatic hydroxyl groups is 2. The monoisotopic (exact) mass is 354 g/mol. The van der Waals surface area contributed by atoms with E-state index in [1.54, 1.807) is 24.3 Å². The molecule has 0 aliphatic heterocycles. The van der Waals surface area contributed by atoms with Crippen molar-refractivity contribution < 1.29 is 10.2 Å². The lowest BCUT2D eigenvalue weighted by molar-refractivity contribution is 0.475. The van der Waals surface area contributed by atoms with E-state index in [2.05, 4.69) is 48.5 Å². The predicted molar refractivity (Wildman–Crippen MR) is 111 cm³/mol. The van der Waals surface area contributed by atoms with Crippen LogP contribution in [0.2, 0.25) is 0 Å². The summed E-state index contributed by atoms with van der Waals surface area (Å²) in [6.45, 7) is 0. The Morgan fingerprint density at radius 3 is 1.07 bits per heavy atom. The quantitative estimate of drug-likeness (QED) is 0.471. The van der Waals surface area contributed by atoms with E-state index in [1.165, 1.54) is 11.1 Å². The molecule has 0 atom stereocenters. The summed E-state index contributed by atoms with van der Waals surface area (Å²) in [5, 5.41) is 18.3. The highest BCUT2D eigenvalue weighted by molar-refractivity contribution is 5.62. The second-order valence-electron chi connectivity index (χ2n) is 6.24. The van der Waals surface area contributed by atoms with E-state index in [1.807, 2.05) is 36.4 Å². The summed E-state index contributed by atoms with van der Waals surface area (Å²) in [4.78, 5) is 0. The van der Waals surface area contributed by atoms with E-state index in [0.29, 0.717) is 0 Å². The van der Waals surface area contributed by atoms with Gasteiger partial charge in [0, 0.05) is 0 Å². The first-order valence-electron chi connectivity index (χ1n) is 8.87. The molecule has 0 aliphatic carbocycles. The van der Waals surface area contributed by atoms with Crippen LogP contribution >= 0.6 is 0 Å². The van der Waals surface area contributed by atoms with Crippen LogP contribution in [0.1, 0.15) is 11.1 Å². The van der Waals surface area contributed by atoms with Gasteiger partial charge in [0.1, 0.15) is 11.5 Å². The fourth-order valence-corrected chi connectivity index (χ4v) is 2.72. The van der Waals surface area contributed by atoms with Crippen molar-refractivity contribution in [3.05, 3.63) is 120 Å². The Morgan fingerprint density at radius 2 is 0.741 bits per heavy atom. The van der Waals surface area contributed by atoms with Crippen LogP contribution in [0.25, 0.3) is 11.1 Å². The van der Waals surface area contributed by atoms with Crippen LogP contribution in [0.4, 0.5) is 0 Å². The minimum Gasteiger partial charge on any atom is -0.508 e. The predicted octanol–water partition coefficient (Wildman–Crippen LogP) is 6.04. The van der Waals surface area contributed by atoms with E-state index in [0.717, 1.165) is 17.5 Å². The van der Waals surface area contributed by atoms with Crippen molar-refractivity contribution in [2.24, 2.45) is 0 Å². The Kier molecular flexibility index (Phi) is 6.26. The lowest BCUT2D eigenvalue weighted by Gasteiger charge is -2.02. The maximum Gasteiger partial charge on any atom is 0.115 e. The molecule has 0 radical (unpaired) electrons. The first kappa shape index (κ1) is 18.3. The molecular formula is C25H22O2. The van der Waals surface area contributed by atoms with Gasteiger partial charge >= 0.3 is 0 Å². The van der Waals surface area contributed by atoms with Crippen LogP contribution in [0.15, 0.2) is 109 Å². The molecule has 2 N–H and O–H groups in total. The summed E-state index contributed by atoms with van der Waals surface area (Å²) in [5.41, 5.74) is 4.83. The largest absolute Gasteiger partial charge is 0.508 e. The van der Waals surface area contributed by atoms with Gasteiger partial charge in [-0.3, -0.25) is 0 Å². The van der Waals surface area contributed by atoms with Crippen LogP contribution < -0.4 is 0 Å². The van der Waals surface area contributed by atoms with Crippen LogP contribution in [-0.2, 0) is 6.42 Å². The van der Waals surface area contributed by atoms with E-state index < -0.39 is 0 Å². The molecule has 0 aromatic heterocycles. The highest BCUT2D eigenvalue weighted by atomic mass is 16.3. The number of hydrogen-bond donors (Lipinski definition) is 2. The van der Waals surface area contributed by atoms with Gasteiger partial charge in [0.15, 0.2) is 0 Å². The first-order chi connectivity index (χ1) is 13.2. The fraction of sp³-hybridized carbons (Fsp3) is 0.0400. The Bertz CT molecular complexity index is 848. The Labute approximate surface area is 160 Å². The molecule has 0 spiro atoms. The van der Waals surface area contributed by atoms with Gasteiger partial charge < -0.3 is 10.2 Å². The van der Waals surface area contributed by atoms with Crippen LogP contribution in [0.5, 0.6) is 11.5 Å². The zero-order chi connectivity index (χ0) is 18.9. The Morgan fingerprint density at radius 1 is 0.407 bits per heavy atom. The number of phenols is 2. The van der Waals surface area contributed by atoms with Crippen molar-refractivity contribution in [3.63, 3.8) is 0 Å². The van der Waals surface area contributed by atoms with Crippen molar-refractivity contribution in [2.75, 3.05) is 0 Å². The maximum atomic E-state index is 9.13. The molecule has 0 saturated carbocycles. The first-order valence-corrected chi connectivity index (χ1v) is 8.87. The molecule has 0 aliphatic rings. The van der Waals surface area contributed by atoms with Crippen molar-refractivity contribution in [1.82, 2.24) is 0 Å². The van der Waals surface area contributed by atoms with Gasteiger partial charge in [-0.2, -0.15) is 0 Å². The SMILES string of the molecule is Oc1ccc(Cc2ccc(O)cc2)cc1.c1ccc(-c2ccccc2)cc1. The van der Waals surface area contributed by atoms with E-state index in [-0.39, 0.29) is 11.5 Å². The molecule has 0 bridgehead atoms. The van der Waals surface area contributed by atoms with Crippen molar-refractivity contribution >= 4 is 0 Å². The van der Waals surface area contributed by atoms with Gasteiger partial charge in [0.2, 0.25) is 0 Å². The third-order valence-electron chi connectivity index (χ3n) is 4.16. The number of rotatable bonds is 3. The molecule has 2 heteroatoms. The zero-order valence-electron chi connectivity index (χ0n) is 15.0. The molecule has 0 heterocycles. The third-order valence-corrected chi connectivity index (χ3v) is 4.16. The van der Waals surface area contributed by atoms with Crippen LogP contribution in [0.3, 0.4) is 0 Å².